The standard InChI is InChI=1S/C9H18NO.C7H8O3S/c1-8(2)6-5-7-9(3,4)10(8)11;1-6-2-4-7(5-3-6)11(8,9)10/h5-7H2,1-4H3;2-5H,1H3,(H,8,9,10)/q+1;/p-1. The zero-order valence-corrected chi connectivity index (χ0v) is 14.7. The Hall–Kier alpha value is -1.27. The van der Waals surface area contributed by atoms with Crippen LogP contribution in [-0.2, 0) is 10.1 Å². The van der Waals surface area contributed by atoms with Gasteiger partial charge < -0.3 is 4.55 Å². The summed E-state index contributed by atoms with van der Waals surface area (Å²) in [5.41, 5.74) is 0.626. The summed E-state index contributed by atoms with van der Waals surface area (Å²) in [6, 6.07) is 5.78. The van der Waals surface area contributed by atoms with Crippen LogP contribution in [-0.4, -0.2) is 28.8 Å². The molecule has 1 aliphatic rings. The molecule has 0 aromatic heterocycles. The molecule has 0 atom stereocenters. The van der Waals surface area contributed by atoms with Crippen LogP contribution < -0.4 is 0 Å². The lowest BCUT2D eigenvalue weighted by Crippen LogP contribution is -2.50. The first kappa shape index (κ1) is 18.8. The molecule has 0 saturated carbocycles. The van der Waals surface area contributed by atoms with Crippen LogP contribution in [0.2, 0.25) is 0 Å². The third kappa shape index (κ3) is 4.88. The van der Waals surface area contributed by atoms with Crippen molar-refractivity contribution < 1.29 is 17.7 Å². The Morgan fingerprint density at radius 1 is 1.00 bits per heavy atom. The summed E-state index contributed by atoms with van der Waals surface area (Å²) < 4.78 is 32.4. The van der Waals surface area contributed by atoms with Crippen LogP contribution in [0.25, 0.3) is 0 Å². The number of piperidine rings is 1. The zero-order valence-electron chi connectivity index (χ0n) is 13.9. The van der Waals surface area contributed by atoms with Gasteiger partial charge in [0.25, 0.3) is 0 Å². The topological polar surface area (TPSA) is 77.3 Å². The highest BCUT2D eigenvalue weighted by Crippen LogP contribution is 2.33. The molecule has 124 valence electrons. The maximum atomic E-state index is 11.7. The van der Waals surface area contributed by atoms with E-state index in [9.17, 15) is 17.9 Å². The van der Waals surface area contributed by atoms with Crippen LogP contribution >= 0.6 is 0 Å². The summed E-state index contributed by atoms with van der Waals surface area (Å²) in [5.74, 6) is 0. The van der Waals surface area contributed by atoms with E-state index in [1.807, 2.05) is 34.6 Å². The van der Waals surface area contributed by atoms with Gasteiger partial charge in [0.05, 0.1) is 4.90 Å². The molecule has 5 nitrogen and oxygen atoms in total. The number of benzene rings is 1. The molecule has 0 aliphatic carbocycles. The number of aryl methyl sites for hydroxylation is 1. The Morgan fingerprint density at radius 3 is 1.73 bits per heavy atom. The first-order chi connectivity index (χ1) is 9.86. The smallest absolute Gasteiger partial charge is 0.205 e. The van der Waals surface area contributed by atoms with Crippen molar-refractivity contribution in [1.29, 1.82) is 0 Å². The molecule has 1 aromatic rings. The monoisotopic (exact) mass is 327 g/mol. The average Bonchev–Trinajstić information content (AvgIpc) is 2.36. The van der Waals surface area contributed by atoms with Crippen LogP contribution in [0.5, 0.6) is 0 Å². The summed E-state index contributed by atoms with van der Waals surface area (Å²) >= 11 is 0. The molecule has 1 heterocycles. The molecule has 1 aromatic carbocycles. The van der Waals surface area contributed by atoms with Gasteiger partial charge in [-0.05, 0) is 25.5 Å². The molecule has 0 spiro atoms. The van der Waals surface area contributed by atoms with E-state index in [4.69, 9.17) is 0 Å². The highest BCUT2D eigenvalue weighted by Gasteiger charge is 2.49. The minimum absolute atomic E-state index is 0.151. The van der Waals surface area contributed by atoms with E-state index in [0.29, 0.717) is 0 Å². The van der Waals surface area contributed by atoms with Crippen LogP contribution in [0.1, 0.15) is 52.5 Å². The highest BCUT2D eigenvalue weighted by atomic mass is 32.2. The van der Waals surface area contributed by atoms with Crippen molar-refractivity contribution in [2.45, 2.75) is 69.9 Å². The lowest BCUT2D eigenvalue weighted by molar-refractivity contribution is -0.692. The number of nitroso groups, excluding NO2 is 1. The Kier molecular flexibility index (Phi) is 5.51. The second-order valence-electron chi connectivity index (χ2n) is 7.04. The fourth-order valence-corrected chi connectivity index (χ4v) is 3.15. The molecule has 1 saturated heterocycles. The summed E-state index contributed by atoms with van der Waals surface area (Å²) in [5, 5.41) is 0. The van der Waals surface area contributed by atoms with Gasteiger partial charge in [-0.1, -0.05) is 17.7 Å². The van der Waals surface area contributed by atoms with Crippen LogP contribution in [0.15, 0.2) is 29.2 Å². The third-order valence-corrected chi connectivity index (χ3v) is 4.84. The fourth-order valence-electron chi connectivity index (χ4n) is 2.68. The molecule has 1 fully saturated rings. The second-order valence-corrected chi connectivity index (χ2v) is 8.42. The van der Waals surface area contributed by atoms with Crippen molar-refractivity contribution in [2.24, 2.45) is 0 Å². The van der Waals surface area contributed by atoms with Crippen molar-refractivity contribution >= 4 is 10.1 Å². The Bertz CT molecular complexity index is 613. The highest BCUT2D eigenvalue weighted by molar-refractivity contribution is 7.85. The molecule has 0 N–H and O–H groups in total. The Labute approximate surface area is 133 Å². The Morgan fingerprint density at radius 2 is 1.41 bits per heavy atom. The quantitative estimate of drug-likeness (QED) is 0.585. The molecule has 22 heavy (non-hydrogen) atoms. The van der Waals surface area contributed by atoms with Gasteiger partial charge in [-0.25, -0.2) is 8.42 Å². The summed E-state index contributed by atoms with van der Waals surface area (Å²) in [6.45, 7) is 9.94. The lowest BCUT2D eigenvalue weighted by atomic mass is 9.83. The molecule has 0 amide bonds. The molecular weight excluding hydrogens is 302 g/mol. The van der Waals surface area contributed by atoms with Crippen molar-refractivity contribution in [3.63, 3.8) is 0 Å². The summed E-state index contributed by atoms with van der Waals surface area (Å²) in [6.07, 6.45) is 3.23. The molecule has 0 bridgehead atoms. The largest absolute Gasteiger partial charge is 0.744 e. The molecule has 0 radical (unpaired) electrons. The number of rotatable bonds is 1. The van der Waals surface area contributed by atoms with E-state index in [1.54, 1.807) is 12.1 Å². The van der Waals surface area contributed by atoms with E-state index in [1.165, 1.54) is 23.3 Å². The average molecular weight is 327 g/mol. The minimum Gasteiger partial charge on any atom is -0.744 e. The first-order valence-corrected chi connectivity index (χ1v) is 8.77. The van der Waals surface area contributed by atoms with Gasteiger partial charge in [0.2, 0.25) is 11.1 Å². The molecular formula is C16H25NO4S. The van der Waals surface area contributed by atoms with Crippen molar-refractivity contribution in [3.8, 4) is 0 Å². The van der Waals surface area contributed by atoms with Crippen molar-refractivity contribution in [2.75, 3.05) is 0 Å². The van der Waals surface area contributed by atoms with Gasteiger partial charge in [-0.2, -0.15) is 0 Å². The van der Waals surface area contributed by atoms with E-state index in [0.717, 1.165) is 18.4 Å². The third-order valence-electron chi connectivity index (χ3n) is 3.99. The van der Waals surface area contributed by atoms with Gasteiger partial charge >= 0.3 is 0 Å². The van der Waals surface area contributed by atoms with Crippen molar-refractivity contribution in [3.05, 3.63) is 34.7 Å². The normalized spacial score (nSPS) is 20.0. The van der Waals surface area contributed by atoms with Gasteiger partial charge in [-0.3, -0.25) is 0 Å². The second kappa shape index (κ2) is 6.46. The van der Waals surface area contributed by atoms with E-state index < -0.39 is 10.1 Å². The molecule has 2 rings (SSSR count). The van der Waals surface area contributed by atoms with E-state index in [-0.39, 0.29) is 16.0 Å². The van der Waals surface area contributed by atoms with Crippen molar-refractivity contribution in [1.82, 2.24) is 0 Å². The number of hydrogen-bond acceptors (Lipinski definition) is 4. The van der Waals surface area contributed by atoms with Gasteiger partial charge in [0.1, 0.15) is 10.1 Å². The number of hydrogen-bond donors (Lipinski definition) is 0. The maximum absolute atomic E-state index is 11.7. The van der Waals surface area contributed by atoms with E-state index in [2.05, 4.69) is 0 Å². The van der Waals surface area contributed by atoms with Gasteiger partial charge in [-0.15, -0.1) is 0 Å². The zero-order chi connectivity index (χ0) is 17.2. The molecule has 0 unspecified atom stereocenters. The lowest BCUT2D eigenvalue weighted by Gasteiger charge is -2.31. The van der Waals surface area contributed by atoms with Gasteiger partial charge in [0, 0.05) is 50.2 Å². The minimum atomic E-state index is -4.27. The predicted octanol–water partition coefficient (Wildman–Crippen LogP) is 3.41. The van der Waals surface area contributed by atoms with Crippen LogP contribution in [0, 0.1) is 11.8 Å². The predicted molar refractivity (Wildman–Crippen MR) is 84.8 cm³/mol. The molecule has 6 heteroatoms. The summed E-state index contributed by atoms with van der Waals surface area (Å²) in [4.78, 5) is 11.5. The SMILES string of the molecule is CC1(C)CCCC(C)(C)[N+]1=O.Cc1ccc(S(=O)(=O)[O-])cc1. The number of nitrogens with zero attached hydrogens (tertiary/aromatic N) is 1. The van der Waals surface area contributed by atoms with E-state index >= 15 is 0 Å². The maximum Gasteiger partial charge on any atom is 0.205 e. The Balaban J connectivity index is 0.000000220. The van der Waals surface area contributed by atoms with Crippen LogP contribution in [0.4, 0.5) is 0 Å². The first-order valence-electron chi connectivity index (χ1n) is 7.36. The summed E-state index contributed by atoms with van der Waals surface area (Å²) in [7, 11) is -4.27. The van der Waals surface area contributed by atoms with Gasteiger partial charge in [0.15, 0.2) is 0 Å². The molecule has 1 aliphatic heterocycles. The van der Waals surface area contributed by atoms with Crippen LogP contribution in [0.3, 0.4) is 0 Å². The fraction of sp³-hybridized carbons (Fsp3) is 0.625.